The van der Waals surface area contributed by atoms with Gasteiger partial charge in [0, 0.05) is 17.1 Å². The number of rotatable bonds is 2. The molecule has 0 fully saturated rings. The summed E-state index contributed by atoms with van der Waals surface area (Å²) in [6.45, 7) is 0. The van der Waals surface area contributed by atoms with Crippen LogP contribution < -0.4 is 0 Å². The average molecular weight is 240 g/mol. The molecule has 3 nitrogen and oxygen atoms in total. The predicted octanol–water partition coefficient (Wildman–Crippen LogP) is 2.98. The van der Waals surface area contributed by atoms with Crippen LogP contribution in [-0.4, -0.2) is 16.1 Å². The number of carbonyl (C=O) groups excluding carboxylic acids is 1. The molecule has 18 heavy (non-hydrogen) atoms. The predicted molar refractivity (Wildman–Crippen MR) is 66.4 cm³/mol. The smallest absolute Gasteiger partial charge is 0.150 e. The van der Waals surface area contributed by atoms with E-state index >= 15 is 0 Å². The highest BCUT2D eigenvalue weighted by Gasteiger charge is 2.03. The maximum atomic E-state index is 13.1. The fraction of sp³-hybridized carbons (Fsp3) is 0. The third-order valence-electron chi connectivity index (χ3n) is 2.76. The quantitative estimate of drug-likeness (QED) is 0.645. The van der Waals surface area contributed by atoms with Crippen molar-refractivity contribution >= 4 is 17.2 Å². The number of halogens is 1. The van der Waals surface area contributed by atoms with E-state index in [2.05, 4.69) is 5.10 Å². The van der Waals surface area contributed by atoms with Crippen LogP contribution in [0.25, 0.3) is 16.6 Å². The van der Waals surface area contributed by atoms with E-state index in [4.69, 9.17) is 0 Å². The first-order valence-corrected chi connectivity index (χ1v) is 5.47. The Morgan fingerprint density at radius 3 is 2.61 bits per heavy atom. The lowest BCUT2D eigenvalue weighted by atomic mass is 10.2. The van der Waals surface area contributed by atoms with Crippen molar-refractivity contribution in [1.29, 1.82) is 0 Å². The van der Waals surface area contributed by atoms with E-state index in [0.717, 1.165) is 22.9 Å². The zero-order valence-electron chi connectivity index (χ0n) is 9.38. The fourth-order valence-electron chi connectivity index (χ4n) is 1.83. The number of nitrogens with zero attached hydrogens (tertiary/aromatic N) is 2. The Morgan fingerprint density at radius 2 is 1.89 bits per heavy atom. The number of hydrogen-bond acceptors (Lipinski definition) is 2. The summed E-state index contributed by atoms with van der Waals surface area (Å²) in [4.78, 5) is 10.6. The first-order chi connectivity index (χ1) is 8.76. The van der Waals surface area contributed by atoms with Crippen LogP contribution in [0.3, 0.4) is 0 Å². The highest BCUT2D eigenvalue weighted by atomic mass is 19.1. The molecule has 4 heteroatoms. The third-order valence-corrected chi connectivity index (χ3v) is 2.76. The summed E-state index contributed by atoms with van der Waals surface area (Å²) in [7, 11) is 0. The second-order valence-corrected chi connectivity index (χ2v) is 3.99. The van der Waals surface area contributed by atoms with Gasteiger partial charge in [-0.2, -0.15) is 5.10 Å². The summed E-state index contributed by atoms with van der Waals surface area (Å²) in [5, 5.41) is 5.09. The lowest BCUT2D eigenvalue weighted by molar-refractivity contribution is 0.112. The van der Waals surface area contributed by atoms with Crippen LogP contribution in [0.2, 0.25) is 0 Å². The van der Waals surface area contributed by atoms with Crippen molar-refractivity contribution in [2.75, 3.05) is 0 Å². The summed E-state index contributed by atoms with van der Waals surface area (Å²) in [6, 6.07) is 11.5. The Labute approximate surface area is 102 Å². The lowest BCUT2D eigenvalue weighted by Gasteiger charge is -2.00. The molecule has 0 atom stereocenters. The van der Waals surface area contributed by atoms with Crippen molar-refractivity contribution in [3.63, 3.8) is 0 Å². The van der Waals surface area contributed by atoms with Crippen molar-refractivity contribution in [3.8, 4) is 5.69 Å². The molecule has 0 aliphatic rings. The molecule has 0 saturated carbocycles. The minimum absolute atomic E-state index is 0.279. The molecule has 0 aliphatic heterocycles. The van der Waals surface area contributed by atoms with E-state index in [-0.39, 0.29) is 5.82 Å². The maximum absolute atomic E-state index is 13.1. The number of hydrogen-bond donors (Lipinski definition) is 0. The van der Waals surface area contributed by atoms with Crippen molar-refractivity contribution in [1.82, 2.24) is 9.78 Å². The molecule has 0 bridgehead atoms. The molecule has 3 aromatic rings. The van der Waals surface area contributed by atoms with Crippen LogP contribution in [-0.2, 0) is 0 Å². The van der Waals surface area contributed by atoms with Crippen LogP contribution in [0.1, 0.15) is 10.4 Å². The fourth-order valence-corrected chi connectivity index (χ4v) is 1.83. The molecule has 0 unspecified atom stereocenters. The molecule has 88 valence electrons. The van der Waals surface area contributed by atoms with Gasteiger partial charge in [-0.25, -0.2) is 9.07 Å². The van der Waals surface area contributed by atoms with Gasteiger partial charge >= 0.3 is 0 Å². The van der Waals surface area contributed by atoms with Crippen LogP contribution in [0, 0.1) is 5.82 Å². The summed E-state index contributed by atoms with van der Waals surface area (Å²) in [5.74, 6) is -0.279. The van der Waals surface area contributed by atoms with E-state index in [1.807, 2.05) is 0 Å². The molecule has 0 saturated heterocycles. The minimum Gasteiger partial charge on any atom is -0.298 e. The van der Waals surface area contributed by atoms with E-state index in [1.165, 1.54) is 12.1 Å². The van der Waals surface area contributed by atoms with Gasteiger partial charge in [-0.3, -0.25) is 4.79 Å². The Balaban J connectivity index is 2.10. The van der Waals surface area contributed by atoms with Gasteiger partial charge in [0.1, 0.15) is 12.1 Å². The molecule has 0 radical (unpaired) electrons. The van der Waals surface area contributed by atoms with E-state index in [1.54, 1.807) is 41.2 Å². The molecular weight excluding hydrogens is 231 g/mol. The number of aromatic nitrogens is 2. The molecule has 0 amide bonds. The highest BCUT2D eigenvalue weighted by Crippen LogP contribution is 2.17. The molecule has 1 heterocycles. The van der Waals surface area contributed by atoms with E-state index < -0.39 is 0 Å². The number of fused-ring (bicyclic) bond motifs is 1. The molecular formula is C14H9FN2O. The van der Waals surface area contributed by atoms with Gasteiger partial charge in [-0.15, -0.1) is 0 Å². The summed E-state index contributed by atoms with van der Waals surface area (Å²) in [5.41, 5.74) is 2.18. The van der Waals surface area contributed by atoms with Crippen molar-refractivity contribution in [3.05, 3.63) is 60.0 Å². The van der Waals surface area contributed by atoms with Crippen molar-refractivity contribution < 1.29 is 9.18 Å². The van der Waals surface area contributed by atoms with Crippen molar-refractivity contribution in [2.45, 2.75) is 0 Å². The summed E-state index contributed by atoms with van der Waals surface area (Å²) in [6.07, 6.45) is 2.55. The van der Waals surface area contributed by atoms with Gasteiger partial charge in [0.05, 0.1) is 11.2 Å². The Hall–Kier alpha value is -2.49. The second kappa shape index (κ2) is 4.07. The van der Waals surface area contributed by atoms with Gasteiger partial charge in [0.25, 0.3) is 0 Å². The SMILES string of the molecule is O=Cc1ccc(-n2cc3cc(F)ccc3n2)cc1. The monoisotopic (exact) mass is 240 g/mol. The highest BCUT2D eigenvalue weighted by molar-refractivity contribution is 5.79. The largest absolute Gasteiger partial charge is 0.298 e. The molecule has 0 aliphatic carbocycles. The minimum atomic E-state index is -0.279. The summed E-state index contributed by atoms with van der Waals surface area (Å²) < 4.78 is 14.7. The Bertz CT molecular complexity index is 716. The van der Waals surface area contributed by atoms with Gasteiger partial charge < -0.3 is 0 Å². The second-order valence-electron chi connectivity index (χ2n) is 3.99. The molecule has 0 N–H and O–H groups in total. The van der Waals surface area contributed by atoms with Gasteiger partial charge in [0.15, 0.2) is 0 Å². The van der Waals surface area contributed by atoms with Gasteiger partial charge in [-0.05, 0) is 42.5 Å². The first-order valence-electron chi connectivity index (χ1n) is 5.47. The standard InChI is InChI=1S/C14H9FN2O/c15-12-3-6-14-11(7-12)8-17(16-14)13-4-1-10(9-18)2-5-13/h1-9H. The number of benzene rings is 2. The zero-order valence-corrected chi connectivity index (χ0v) is 9.38. The Kier molecular flexibility index (Phi) is 2.41. The molecule has 2 aromatic carbocycles. The number of carbonyl (C=O) groups is 1. The topological polar surface area (TPSA) is 34.9 Å². The zero-order chi connectivity index (χ0) is 12.5. The molecule has 0 spiro atoms. The van der Waals surface area contributed by atoms with Crippen molar-refractivity contribution in [2.24, 2.45) is 0 Å². The van der Waals surface area contributed by atoms with Crippen LogP contribution >= 0.6 is 0 Å². The van der Waals surface area contributed by atoms with Crippen LogP contribution in [0.4, 0.5) is 4.39 Å². The lowest BCUT2D eigenvalue weighted by Crippen LogP contribution is -1.94. The average Bonchev–Trinajstić information content (AvgIpc) is 2.81. The number of aldehydes is 1. The van der Waals surface area contributed by atoms with Crippen LogP contribution in [0.15, 0.2) is 48.7 Å². The van der Waals surface area contributed by atoms with E-state index in [0.29, 0.717) is 5.56 Å². The van der Waals surface area contributed by atoms with Crippen LogP contribution in [0.5, 0.6) is 0 Å². The Morgan fingerprint density at radius 1 is 1.11 bits per heavy atom. The maximum Gasteiger partial charge on any atom is 0.150 e. The molecule has 1 aromatic heterocycles. The van der Waals surface area contributed by atoms with Gasteiger partial charge in [0.2, 0.25) is 0 Å². The summed E-state index contributed by atoms with van der Waals surface area (Å²) >= 11 is 0. The van der Waals surface area contributed by atoms with Gasteiger partial charge in [-0.1, -0.05) is 0 Å². The third kappa shape index (κ3) is 1.78. The molecule has 3 rings (SSSR count). The first kappa shape index (κ1) is 10.7. The van der Waals surface area contributed by atoms with E-state index in [9.17, 15) is 9.18 Å². The normalized spacial score (nSPS) is 10.7.